The summed E-state index contributed by atoms with van der Waals surface area (Å²) in [4.78, 5) is 16.0. The molecular formula is C23H20F3N5O2. The molecule has 0 unspecified atom stereocenters. The van der Waals surface area contributed by atoms with Gasteiger partial charge in [-0.3, -0.25) is 4.79 Å². The number of halogens is 3. The maximum Gasteiger partial charge on any atom is 0.471 e. The first-order valence-electron chi connectivity index (χ1n) is 10.1. The fraction of sp³-hybridized carbons (Fsp3) is 0.261. The van der Waals surface area contributed by atoms with E-state index in [1.165, 1.54) is 0 Å². The van der Waals surface area contributed by atoms with Crippen molar-refractivity contribution in [2.45, 2.75) is 38.4 Å². The van der Waals surface area contributed by atoms with E-state index in [0.717, 1.165) is 5.56 Å². The third-order valence-corrected chi connectivity index (χ3v) is 5.16. The van der Waals surface area contributed by atoms with E-state index in [1.807, 2.05) is 32.0 Å². The van der Waals surface area contributed by atoms with Gasteiger partial charge in [-0.15, -0.1) is 5.10 Å². The Morgan fingerprint density at radius 1 is 1.03 bits per heavy atom. The Labute approximate surface area is 187 Å². The largest absolute Gasteiger partial charge is 0.471 e. The Balaban J connectivity index is 1.43. The summed E-state index contributed by atoms with van der Waals surface area (Å²) in [6.07, 6.45) is -2.61. The molecule has 7 nitrogen and oxygen atoms in total. The number of Topliss-reactive ketones (excluding diaryl/α,β-unsaturated/α-hetero) is 1. The van der Waals surface area contributed by atoms with Gasteiger partial charge in [-0.1, -0.05) is 78.8 Å². The molecule has 0 atom stereocenters. The molecule has 4 aromatic rings. The molecule has 0 saturated carbocycles. The zero-order chi connectivity index (χ0) is 23.6. The lowest BCUT2D eigenvalue weighted by molar-refractivity contribution is -0.159. The number of carbonyl (C=O) groups excluding carboxylic acids is 1. The average Bonchev–Trinajstić information content (AvgIpc) is 3.45. The van der Waals surface area contributed by atoms with E-state index >= 15 is 0 Å². The van der Waals surface area contributed by atoms with Gasteiger partial charge in [0.25, 0.3) is 0 Å². The van der Waals surface area contributed by atoms with Crippen molar-refractivity contribution in [1.29, 1.82) is 0 Å². The van der Waals surface area contributed by atoms with Crippen LogP contribution in [0.25, 0.3) is 11.4 Å². The van der Waals surface area contributed by atoms with E-state index in [2.05, 4.69) is 25.0 Å². The Bertz CT molecular complexity index is 1250. The number of ketones is 1. The van der Waals surface area contributed by atoms with E-state index in [9.17, 15) is 18.0 Å². The van der Waals surface area contributed by atoms with Crippen molar-refractivity contribution < 1.29 is 22.5 Å². The minimum absolute atomic E-state index is 0.0286. The number of nitrogens with zero attached hydrogens (tertiary/aromatic N) is 5. The number of rotatable bonds is 7. The molecule has 2 aromatic carbocycles. The molecule has 0 aliphatic rings. The van der Waals surface area contributed by atoms with Crippen LogP contribution >= 0.6 is 0 Å². The Morgan fingerprint density at radius 3 is 2.36 bits per heavy atom. The maximum atomic E-state index is 12.6. The molecule has 170 valence electrons. The number of hydrogen-bond donors (Lipinski definition) is 0. The standard InChI is InChI=1S/C23H20F3N5O2/c1-22(2,12-18(32)16-6-4-3-5-7-16)19-14-31(30-28-19)13-15-8-10-17(11-9-15)20-27-21(33-29-20)23(24,25)26/h3-11,14H,12-13H2,1-2H3. The van der Waals surface area contributed by atoms with Crippen LogP contribution in [-0.4, -0.2) is 30.9 Å². The van der Waals surface area contributed by atoms with E-state index in [-0.39, 0.29) is 18.0 Å². The van der Waals surface area contributed by atoms with Gasteiger partial charge < -0.3 is 4.52 Å². The van der Waals surface area contributed by atoms with E-state index < -0.39 is 17.5 Å². The Morgan fingerprint density at radius 2 is 1.73 bits per heavy atom. The van der Waals surface area contributed by atoms with Gasteiger partial charge in [0.05, 0.1) is 12.2 Å². The first-order valence-corrected chi connectivity index (χ1v) is 10.1. The molecule has 0 fully saturated rings. The molecule has 2 heterocycles. The molecule has 2 aromatic heterocycles. The van der Waals surface area contributed by atoms with Gasteiger partial charge in [-0.25, -0.2) is 4.68 Å². The van der Waals surface area contributed by atoms with E-state index in [4.69, 9.17) is 0 Å². The average molecular weight is 455 g/mol. The predicted molar refractivity (Wildman–Crippen MR) is 112 cm³/mol. The third kappa shape index (κ3) is 5.16. The molecule has 33 heavy (non-hydrogen) atoms. The van der Waals surface area contributed by atoms with E-state index in [0.29, 0.717) is 23.4 Å². The molecule has 10 heteroatoms. The number of carbonyl (C=O) groups is 1. The topological polar surface area (TPSA) is 86.7 Å². The fourth-order valence-corrected chi connectivity index (χ4v) is 3.31. The third-order valence-electron chi connectivity index (χ3n) is 5.16. The van der Waals surface area contributed by atoms with Gasteiger partial charge in [0, 0.05) is 29.2 Å². The van der Waals surface area contributed by atoms with Crippen molar-refractivity contribution in [2.75, 3.05) is 0 Å². The second-order valence-electron chi connectivity index (χ2n) is 8.27. The van der Waals surface area contributed by atoms with Gasteiger partial charge in [0.2, 0.25) is 5.82 Å². The van der Waals surface area contributed by atoms with Crippen molar-refractivity contribution in [3.8, 4) is 11.4 Å². The highest BCUT2D eigenvalue weighted by atomic mass is 19.4. The number of aromatic nitrogens is 5. The molecule has 0 amide bonds. The maximum absolute atomic E-state index is 12.6. The summed E-state index contributed by atoms with van der Waals surface area (Å²) in [5.74, 6) is -1.49. The van der Waals surface area contributed by atoms with Crippen LogP contribution < -0.4 is 0 Å². The van der Waals surface area contributed by atoms with Crippen LogP contribution in [0, 0.1) is 0 Å². The highest BCUT2D eigenvalue weighted by Crippen LogP contribution is 2.30. The van der Waals surface area contributed by atoms with Crippen LogP contribution in [0.4, 0.5) is 13.2 Å². The molecule has 0 saturated heterocycles. The van der Waals surface area contributed by atoms with Gasteiger partial charge in [-0.05, 0) is 5.56 Å². The molecule has 0 radical (unpaired) electrons. The summed E-state index contributed by atoms with van der Waals surface area (Å²) in [7, 11) is 0. The van der Waals surface area contributed by atoms with Gasteiger partial charge in [0.15, 0.2) is 5.78 Å². The monoisotopic (exact) mass is 455 g/mol. The molecule has 0 bridgehead atoms. The first kappa shape index (κ1) is 22.4. The van der Waals surface area contributed by atoms with E-state index in [1.54, 1.807) is 47.3 Å². The van der Waals surface area contributed by atoms with Crippen molar-refractivity contribution in [2.24, 2.45) is 0 Å². The summed E-state index contributed by atoms with van der Waals surface area (Å²) < 4.78 is 43.8. The SMILES string of the molecule is CC(C)(CC(=O)c1ccccc1)c1cn(Cc2ccc(-c3noc(C(F)(F)F)n3)cc2)nn1. The summed E-state index contributed by atoms with van der Waals surface area (Å²) in [5, 5.41) is 11.8. The normalized spacial score (nSPS) is 12.2. The highest BCUT2D eigenvalue weighted by molar-refractivity contribution is 5.96. The molecule has 0 aliphatic heterocycles. The highest BCUT2D eigenvalue weighted by Gasteiger charge is 2.38. The lowest BCUT2D eigenvalue weighted by Gasteiger charge is -2.20. The summed E-state index contributed by atoms with van der Waals surface area (Å²) in [6.45, 7) is 4.28. The molecule has 0 N–H and O–H groups in total. The van der Waals surface area contributed by atoms with Gasteiger partial charge in [-0.2, -0.15) is 18.2 Å². The number of benzene rings is 2. The van der Waals surface area contributed by atoms with Crippen molar-refractivity contribution in [3.63, 3.8) is 0 Å². The van der Waals surface area contributed by atoms with Crippen LogP contribution in [0.15, 0.2) is 65.3 Å². The molecule has 0 aliphatic carbocycles. The molecular weight excluding hydrogens is 435 g/mol. The van der Waals surface area contributed by atoms with Crippen LogP contribution in [0.5, 0.6) is 0 Å². The smallest absolute Gasteiger partial charge is 0.329 e. The zero-order valence-corrected chi connectivity index (χ0v) is 17.9. The van der Waals surface area contributed by atoms with Crippen molar-refractivity contribution in [3.05, 3.63) is 83.5 Å². The minimum Gasteiger partial charge on any atom is -0.329 e. The van der Waals surface area contributed by atoms with Crippen LogP contribution in [0.2, 0.25) is 0 Å². The summed E-state index contributed by atoms with van der Waals surface area (Å²) in [6, 6.07) is 15.8. The lowest BCUT2D eigenvalue weighted by Crippen LogP contribution is -2.22. The summed E-state index contributed by atoms with van der Waals surface area (Å²) >= 11 is 0. The predicted octanol–water partition coefficient (Wildman–Crippen LogP) is 4.95. The first-order chi connectivity index (χ1) is 15.6. The van der Waals surface area contributed by atoms with Crippen molar-refractivity contribution in [1.82, 2.24) is 25.1 Å². The quantitative estimate of drug-likeness (QED) is 0.367. The van der Waals surface area contributed by atoms with Gasteiger partial charge >= 0.3 is 12.1 Å². The van der Waals surface area contributed by atoms with Crippen LogP contribution in [0.3, 0.4) is 0 Å². The Kier molecular flexibility index (Phi) is 5.84. The number of alkyl halides is 3. The minimum atomic E-state index is -4.69. The molecule has 4 rings (SSSR count). The lowest BCUT2D eigenvalue weighted by atomic mass is 9.83. The second-order valence-corrected chi connectivity index (χ2v) is 8.27. The summed E-state index contributed by atoms with van der Waals surface area (Å²) in [5.41, 5.74) is 2.09. The second kappa shape index (κ2) is 8.61. The van der Waals surface area contributed by atoms with Crippen LogP contribution in [-0.2, 0) is 18.1 Å². The fourth-order valence-electron chi connectivity index (χ4n) is 3.31. The van der Waals surface area contributed by atoms with Crippen LogP contribution in [0.1, 0.15) is 47.8 Å². The zero-order valence-electron chi connectivity index (χ0n) is 17.9. The van der Waals surface area contributed by atoms with Gasteiger partial charge in [0.1, 0.15) is 0 Å². The molecule has 0 spiro atoms. The van der Waals surface area contributed by atoms with Crippen molar-refractivity contribution >= 4 is 5.78 Å². The Hall–Kier alpha value is -3.82. The number of hydrogen-bond acceptors (Lipinski definition) is 6.